The number of aromatic nitrogens is 2. The molecule has 1 aliphatic rings. The van der Waals surface area contributed by atoms with Gasteiger partial charge >= 0.3 is 10.2 Å². The lowest BCUT2D eigenvalue weighted by molar-refractivity contribution is 0.103. The lowest BCUT2D eigenvalue weighted by atomic mass is 10.0. The maximum absolute atomic E-state index is 15.1. The van der Waals surface area contributed by atoms with Gasteiger partial charge in [0.05, 0.1) is 16.3 Å². The number of fused-ring (bicyclic) bond motifs is 1. The van der Waals surface area contributed by atoms with Crippen molar-refractivity contribution in [1.82, 2.24) is 14.3 Å². The Morgan fingerprint density at radius 1 is 1.37 bits per heavy atom. The molecule has 0 bridgehead atoms. The van der Waals surface area contributed by atoms with Gasteiger partial charge in [-0.15, -0.1) is 0 Å². The minimum absolute atomic E-state index is 0.195. The molecule has 1 aromatic carbocycles. The van der Waals surface area contributed by atoms with Gasteiger partial charge in [-0.25, -0.2) is 9.37 Å². The fourth-order valence-corrected chi connectivity index (χ4v) is 4.30. The molecule has 1 aliphatic carbocycles. The van der Waals surface area contributed by atoms with Crippen LogP contribution in [-0.2, 0) is 10.2 Å². The highest BCUT2D eigenvalue weighted by molar-refractivity contribution is 7.90. The predicted molar refractivity (Wildman–Crippen MR) is 113 cm³/mol. The van der Waals surface area contributed by atoms with Gasteiger partial charge in [0.25, 0.3) is 0 Å². The number of anilines is 1. The van der Waals surface area contributed by atoms with Crippen molar-refractivity contribution < 1.29 is 17.6 Å². The molecule has 30 heavy (non-hydrogen) atoms. The van der Waals surface area contributed by atoms with Crippen LogP contribution < -0.4 is 4.72 Å². The van der Waals surface area contributed by atoms with Crippen molar-refractivity contribution in [3.63, 3.8) is 0 Å². The Bertz CT molecular complexity index is 1220. The molecule has 3 aromatic rings. The zero-order chi connectivity index (χ0) is 21.5. The van der Waals surface area contributed by atoms with E-state index in [9.17, 15) is 13.2 Å². The first-order valence-corrected chi connectivity index (χ1v) is 11.3. The number of carbonyl (C=O) groups is 1. The third-order valence-corrected chi connectivity index (χ3v) is 6.87. The lowest BCUT2D eigenvalue weighted by Gasteiger charge is -2.19. The van der Waals surface area contributed by atoms with Gasteiger partial charge in [0, 0.05) is 36.9 Å². The summed E-state index contributed by atoms with van der Waals surface area (Å²) in [5.41, 5.74) is 0.101. The number of nitrogens with zero attached hydrogens (tertiary/aromatic N) is 2. The van der Waals surface area contributed by atoms with Crippen LogP contribution in [0.25, 0.3) is 11.0 Å². The Hall–Kier alpha value is -2.49. The number of hydrogen-bond acceptors (Lipinski definition) is 4. The van der Waals surface area contributed by atoms with E-state index >= 15 is 4.39 Å². The average molecular weight is 451 g/mol. The first-order chi connectivity index (χ1) is 14.3. The van der Waals surface area contributed by atoms with Crippen LogP contribution in [0.3, 0.4) is 0 Å². The number of nitrogens with one attached hydrogen (secondary N) is 2. The summed E-state index contributed by atoms with van der Waals surface area (Å²) >= 11 is 5.96. The summed E-state index contributed by atoms with van der Waals surface area (Å²) in [5, 5.41) is 0.796. The van der Waals surface area contributed by atoms with E-state index in [4.69, 9.17) is 11.6 Å². The van der Waals surface area contributed by atoms with E-state index in [-0.39, 0.29) is 16.8 Å². The zero-order valence-electron chi connectivity index (χ0n) is 16.2. The maximum Gasteiger partial charge on any atom is 0.301 e. The molecule has 2 heterocycles. The third-order valence-electron chi connectivity index (χ3n) is 5.18. The summed E-state index contributed by atoms with van der Waals surface area (Å²) in [6, 6.07) is 5.58. The number of halogens is 2. The fourth-order valence-electron chi connectivity index (χ4n) is 3.20. The molecular weight excluding hydrogens is 431 g/mol. The molecule has 2 N–H and O–H groups in total. The maximum atomic E-state index is 15.1. The van der Waals surface area contributed by atoms with Crippen molar-refractivity contribution in [2.75, 3.05) is 18.3 Å². The number of carbonyl (C=O) groups excluding carboxylic acids is 1. The van der Waals surface area contributed by atoms with Crippen LogP contribution in [0, 0.1) is 11.7 Å². The molecule has 7 nitrogen and oxygen atoms in total. The molecule has 0 unspecified atom stereocenters. The number of aromatic amines is 1. The molecule has 0 spiro atoms. The Labute approximate surface area is 178 Å². The molecule has 1 fully saturated rings. The second kappa shape index (κ2) is 7.98. The number of hydrogen-bond donors (Lipinski definition) is 2. The summed E-state index contributed by atoms with van der Waals surface area (Å²) in [5.74, 6) is -0.976. The molecule has 0 aliphatic heterocycles. The summed E-state index contributed by atoms with van der Waals surface area (Å²) in [6.45, 7) is 0.351. The molecule has 0 saturated heterocycles. The van der Waals surface area contributed by atoms with E-state index in [1.54, 1.807) is 6.07 Å². The molecular formula is C20H20ClFN4O3S. The highest BCUT2D eigenvalue weighted by Gasteiger charge is 2.26. The SMILES string of the molecule is CN(CCC1CC1)S(=O)(=O)Nc1cccc(C(=O)c2c[nH]c3ncc(Cl)cc23)c1F. The van der Waals surface area contributed by atoms with Crippen LogP contribution >= 0.6 is 11.6 Å². The third kappa shape index (κ3) is 4.19. The van der Waals surface area contributed by atoms with Crippen LogP contribution in [0.15, 0.2) is 36.7 Å². The largest absolute Gasteiger partial charge is 0.345 e. The topological polar surface area (TPSA) is 95.2 Å². The first-order valence-electron chi connectivity index (χ1n) is 9.46. The number of rotatable bonds is 8. The van der Waals surface area contributed by atoms with Crippen molar-refractivity contribution in [3.8, 4) is 0 Å². The van der Waals surface area contributed by atoms with E-state index < -0.39 is 21.8 Å². The van der Waals surface area contributed by atoms with Gasteiger partial charge in [-0.1, -0.05) is 30.5 Å². The molecule has 158 valence electrons. The quantitative estimate of drug-likeness (QED) is 0.507. The second-order valence-corrected chi connectivity index (χ2v) is 9.62. The number of benzene rings is 1. The Balaban J connectivity index is 1.60. The summed E-state index contributed by atoms with van der Waals surface area (Å²) < 4.78 is 43.6. The van der Waals surface area contributed by atoms with Crippen molar-refractivity contribution in [2.45, 2.75) is 19.3 Å². The normalized spacial score (nSPS) is 14.4. The second-order valence-electron chi connectivity index (χ2n) is 7.41. The summed E-state index contributed by atoms with van der Waals surface area (Å²) in [7, 11) is -2.50. The highest BCUT2D eigenvalue weighted by Crippen LogP contribution is 2.32. The minimum atomic E-state index is -3.94. The van der Waals surface area contributed by atoms with E-state index in [1.807, 2.05) is 0 Å². The Kier molecular flexibility index (Phi) is 5.52. The van der Waals surface area contributed by atoms with Gasteiger partial charge in [0.1, 0.15) is 5.65 Å². The number of H-pyrrole nitrogens is 1. The van der Waals surface area contributed by atoms with Crippen molar-refractivity contribution >= 4 is 44.3 Å². The smallest absolute Gasteiger partial charge is 0.301 e. The number of ketones is 1. The van der Waals surface area contributed by atoms with Gasteiger partial charge in [-0.05, 0) is 30.5 Å². The molecule has 0 radical (unpaired) electrons. The van der Waals surface area contributed by atoms with Crippen molar-refractivity contribution in [3.05, 3.63) is 58.6 Å². The van der Waals surface area contributed by atoms with Gasteiger partial charge in [-0.2, -0.15) is 12.7 Å². The molecule has 2 aromatic heterocycles. The van der Waals surface area contributed by atoms with Crippen molar-refractivity contribution in [2.24, 2.45) is 5.92 Å². The Morgan fingerprint density at radius 3 is 2.87 bits per heavy atom. The Morgan fingerprint density at radius 2 is 2.13 bits per heavy atom. The van der Waals surface area contributed by atoms with E-state index in [0.717, 1.165) is 23.6 Å². The van der Waals surface area contributed by atoms with Crippen LogP contribution in [-0.4, -0.2) is 42.1 Å². The predicted octanol–water partition coefficient (Wildman–Crippen LogP) is 3.98. The van der Waals surface area contributed by atoms with Crippen LogP contribution in [0.5, 0.6) is 0 Å². The number of pyridine rings is 1. The van der Waals surface area contributed by atoms with Crippen LogP contribution in [0.2, 0.25) is 5.02 Å². The zero-order valence-corrected chi connectivity index (χ0v) is 17.7. The van der Waals surface area contributed by atoms with Crippen molar-refractivity contribution in [1.29, 1.82) is 0 Å². The first kappa shape index (κ1) is 20.8. The average Bonchev–Trinajstić information content (AvgIpc) is 3.45. The molecule has 10 heteroatoms. The lowest BCUT2D eigenvalue weighted by Crippen LogP contribution is -2.33. The summed E-state index contributed by atoms with van der Waals surface area (Å²) in [4.78, 5) is 19.9. The van der Waals surface area contributed by atoms with Gasteiger partial charge in [-0.3, -0.25) is 9.52 Å². The highest BCUT2D eigenvalue weighted by atomic mass is 35.5. The van der Waals surface area contributed by atoms with Gasteiger partial charge < -0.3 is 4.98 Å². The minimum Gasteiger partial charge on any atom is -0.345 e. The van der Waals surface area contributed by atoms with Gasteiger partial charge in [0.2, 0.25) is 0 Å². The fraction of sp³-hybridized carbons (Fsp3) is 0.300. The molecule has 0 atom stereocenters. The molecule has 0 amide bonds. The standard InChI is InChI=1S/C20H20ClFN4O3S/c1-26(8-7-12-5-6-12)30(28,29)25-17-4-2-3-14(18(17)22)19(27)16-11-24-20-15(16)9-13(21)10-23-20/h2-4,9-12,25H,5-8H2,1H3,(H,23,24). The van der Waals surface area contributed by atoms with E-state index in [0.29, 0.717) is 28.5 Å². The monoisotopic (exact) mass is 450 g/mol. The summed E-state index contributed by atoms with van der Waals surface area (Å²) in [6.07, 6.45) is 5.88. The molecule has 4 rings (SSSR count). The van der Waals surface area contributed by atoms with E-state index in [2.05, 4.69) is 14.7 Å². The molecule has 1 saturated carbocycles. The van der Waals surface area contributed by atoms with Crippen LogP contribution in [0.4, 0.5) is 10.1 Å². The van der Waals surface area contributed by atoms with E-state index in [1.165, 1.54) is 37.6 Å². The van der Waals surface area contributed by atoms with Crippen LogP contribution in [0.1, 0.15) is 35.2 Å². The van der Waals surface area contributed by atoms with Gasteiger partial charge in [0.15, 0.2) is 11.6 Å².